The quantitative estimate of drug-likeness (QED) is 0.760. The van der Waals surface area contributed by atoms with Crippen molar-refractivity contribution in [3.8, 4) is 0 Å². The fourth-order valence-electron chi connectivity index (χ4n) is 3.85. The molecule has 2 aliphatic heterocycles. The molecule has 2 aliphatic rings. The second kappa shape index (κ2) is 7.49. The number of carbonyl (C=O) groups is 1. The van der Waals surface area contributed by atoms with E-state index >= 15 is 0 Å². The third-order valence-electron chi connectivity index (χ3n) is 5.67. The van der Waals surface area contributed by atoms with Gasteiger partial charge in [0, 0.05) is 51.7 Å². The van der Waals surface area contributed by atoms with Crippen molar-refractivity contribution in [2.75, 3.05) is 57.4 Å². The van der Waals surface area contributed by atoms with Gasteiger partial charge < -0.3 is 24.0 Å². The second-order valence-corrected chi connectivity index (χ2v) is 8.47. The lowest BCUT2D eigenvalue weighted by Crippen LogP contribution is -2.54. The van der Waals surface area contributed by atoms with Crippen LogP contribution in [0.4, 0.5) is 10.6 Å². The average molecular weight is 453 g/mol. The Kier molecular flexibility index (Phi) is 5.19. The predicted octanol–water partition coefficient (Wildman–Crippen LogP) is 1.86. The molecule has 4 heterocycles. The Morgan fingerprint density at radius 3 is 2.43 bits per heavy atom. The topological polar surface area (TPSA) is 86.4 Å². The molecule has 2 saturated heterocycles. The maximum absolute atomic E-state index is 11.2. The minimum Gasteiger partial charge on any atom is -0.465 e. The van der Waals surface area contributed by atoms with Crippen LogP contribution in [0, 0.1) is 0 Å². The Balaban J connectivity index is 1.64. The number of hydrogen-bond donors (Lipinski definition) is 1. The number of anilines is 1. The van der Waals surface area contributed by atoms with Crippen LogP contribution in [0.5, 0.6) is 0 Å². The van der Waals surface area contributed by atoms with Crippen molar-refractivity contribution in [3.63, 3.8) is 0 Å². The average Bonchev–Trinajstić information content (AvgIpc) is 3.13. The standard InChI is InChI=1S/C18H25BrN6O3/c1-18(2,25-5-3-23(4-6-25)17(26)27)13-11-24-12-14(19)21-16(15(24)20-13)22-7-9-28-10-8-22/h11-12H,3-10H2,1-2H3,(H,26,27). The summed E-state index contributed by atoms with van der Waals surface area (Å²) in [6.45, 7) is 9.64. The van der Waals surface area contributed by atoms with Gasteiger partial charge in [-0.05, 0) is 29.8 Å². The normalized spacial score (nSPS) is 19.4. The summed E-state index contributed by atoms with van der Waals surface area (Å²) < 4.78 is 8.25. The van der Waals surface area contributed by atoms with E-state index in [0.29, 0.717) is 39.4 Å². The molecule has 2 aromatic heterocycles. The molecule has 0 radical (unpaired) electrons. The van der Waals surface area contributed by atoms with Gasteiger partial charge in [-0.2, -0.15) is 0 Å². The molecule has 28 heavy (non-hydrogen) atoms. The van der Waals surface area contributed by atoms with E-state index in [0.717, 1.165) is 34.9 Å². The van der Waals surface area contributed by atoms with Crippen LogP contribution in [0.3, 0.4) is 0 Å². The van der Waals surface area contributed by atoms with Crippen LogP contribution < -0.4 is 4.90 Å². The first-order chi connectivity index (χ1) is 13.4. The minimum atomic E-state index is -0.851. The summed E-state index contributed by atoms with van der Waals surface area (Å²) >= 11 is 3.52. The van der Waals surface area contributed by atoms with E-state index in [9.17, 15) is 9.90 Å². The van der Waals surface area contributed by atoms with Crippen LogP contribution in [0.1, 0.15) is 19.5 Å². The highest BCUT2D eigenvalue weighted by molar-refractivity contribution is 9.10. The maximum atomic E-state index is 11.2. The van der Waals surface area contributed by atoms with Crippen LogP contribution >= 0.6 is 15.9 Å². The van der Waals surface area contributed by atoms with E-state index in [2.05, 4.69) is 50.8 Å². The lowest BCUT2D eigenvalue weighted by atomic mass is 9.98. The van der Waals surface area contributed by atoms with E-state index < -0.39 is 6.09 Å². The maximum Gasteiger partial charge on any atom is 0.407 e. The van der Waals surface area contributed by atoms with Gasteiger partial charge in [-0.3, -0.25) is 4.90 Å². The Hall–Kier alpha value is -1.91. The van der Waals surface area contributed by atoms with Crippen LogP contribution in [0.15, 0.2) is 17.0 Å². The first-order valence-electron chi connectivity index (χ1n) is 9.47. The van der Waals surface area contributed by atoms with Crippen LogP contribution in [0.25, 0.3) is 5.65 Å². The summed E-state index contributed by atoms with van der Waals surface area (Å²) in [6, 6.07) is 0. The third kappa shape index (κ3) is 3.56. The van der Waals surface area contributed by atoms with Crippen molar-refractivity contribution in [1.29, 1.82) is 0 Å². The molecule has 0 atom stereocenters. The van der Waals surface area contributed by atoms with Crippen molar-refractivity contribution in [1.82, 2.24) is 24.2 Å². The van der Waals surface area contributed by atoms with E-state index in [1.54, 1.807) is 0 Å². The lowest BCUT2D eigenvalue weighted by Gasteiger charge is -2.42. The number of morpholine rings is 1. The zero-order valence-corrected chi connectivity index (χ0v) is 17.7. The number of imidazole rings is 1. The third-order valence-corrected chi connectivity index (χ3v) is 6.05. The number of ether oxygens (including phenoxy) is 1. The number of halogens is 1. The van der Waals surface area contributed by atoms with Gasteiger partial charge in [0.05, 0.1) is 24.4 Å². The second-order valence-electron chi connectivity index (χ2n) is 7.66. The molecule has 0 saturated carbocycles. The van der Waals surface area contributed by atoms with Gasteiger partial charge >= 0.3 is 6.09 Å². The van der Waals surface area contributed by atoms with Crippen molar-refractivity contribution >= 4 is 33.5 Å². The highest BCUT2D eigenvalue weighted by Crippen LogP contribution is 2.31. The fourth-order valence-corrected chi connectivity index (χ4v) is 4.24. The van der Waals surface area contributed by atoms with Crippen molar-refractivity contribution in [2.45, 2.75) is 19.4 Å². The Bertz CT molecular complexity index is 872. The van der Waals surface area contributed by atoms with Crippen molar-refractivity contribution in [2.24, 2.45) is 0 Å². The SMILES string of the molecule is CC(C)(c1cn2cc(Br)nc(N3CCOCC3)c2n1)N1CCN(C(=O)O)CC1. The number of rotatable bonds is 3. The summed E-state index contributed by atoms with van der Waals surface area (Å²) in [5.74, 6) is 0.857. The van der Waals surface area contributed by atoms with Gasteiger partial charge in [0.1, 0.15) is 4.60 Å². The Labute approximate surface area is 172 Å². The fraction of sp³-hybridized carbons (Fsp3) is 0.611. The monoisotopic (exact) mass is 452 g/mol. The summed E-state index contributed by atoms with van der Waals surface area (Å²) in [7, 11) is 0. The molecule has 4 rings (SSSR count). The number of hydrogen-bond acceptors (Lipinski definition) is 6. The highest BCUT2D eigenvalue weighted by atomic mass is 79.9. The molecule has 9 nitrogen and oxygen atoms in total. The van der Waals surface area contributed by atoms with Crippen molar-refractivity contribution < 1.29 is 14.6 Å². The molecule has 2 aromatic rings. The van der Waals surface area contributed by atoms with Gasteiger partial charge in [0.25, 0.3) is 0 Å². The zero-order chi connectivity index (χ0) is 19.9. The summed E-state index contributed by atoms with van der Waals surface area (Å²) in [5.41, 5.74) is 1.47. The minimum absolute atomic E-state index is 0.314. The molecular formula is C18H25BrN6O3. The largest absolute Gasteiger partial charge is 0.465 e. The Morgan fingerprint density at radius 1 is 1.11 bits per heavy atom. The van der Waals surface area contributed by atoms with Gasteiger partial charge in [-0.25, -0.2) is 14.8 Å². The van der Waals surface area contributed by atoms with Gasteiger partial charge in [0.2, 0.25) is 0 Å². The zero-order valence-electron chi connectivity index (χ0n) is 16.1. The molecular weight excluding hydrogens is 428 g/mol. The molecule has 0 spiro atoms. The number of piperazine rings is 1. The van der Waals surface area contributed by atoms with Gasteiger partial charge in [0.15, 0.2) is 11.5 Å². The van der Waals surface area contributed by atoms with Gasteiger partial charge in [-0.15, -0.1) is 0 Å². The molecule has 1 amide bonds. The molecule has 0 bridgehead atoms. The van der Waals surface area contributed by atoms with Crippen molar-refractivity contribution in [3.05, 3.63) is 22.7 Å². The first-order valence-corrected chi connectivity index (χ1v) is 10.3. The lowest BCUT2D eigenvalue weighted by molar-refractivity contribution is 0.0482. The number of nitrogens with zero attached hydrogens (tertiary/aromatic N) is 6. The molecule has 152 valence electrons. The molecule has 0 aromatic carbocycles. The van der Waals surface area contributed by atoms with E-state index in [4.69, 9.17) is 9.72 Å². The molecule has 2 fully saturated rings. The van der Waals surface area contributed by atoms with Crippen LogP contribution in [-0.4, -0.2) is 87.9 Å². The smallest absolute Gasteiger partial charge is 0.407 e. The summed E-state index contributed by atoms with van der Waals surface area (Å²) in [4.78, 5) is 26.8. The highest BCUT2D eigenvalue weighted by Gasteiger charge is 2.35. The molecule has 10 heteroatoms. The van der Waals surface area contributed by atoms with Crippen LogP contribution in [-0.2, 0) is 10.3 Å². The number of aromatic nitrogens is 3. The number of amides is 1. The summed E-state index contributed by atoms with van der Waals surface area (Å²) in [5, 5.41) is 9.19. The first kappa shape index (κ1) is 19.4. The number of carboxylic acid groups (broad SMARTS) is 1. The molecule has 0 unspecified atom stereocenters. The predicted molar refractivity (Wildman–Crippen MR) is 108 cm³/mol. The van der Waals surface area contributed by atoms with Crippen LogP contribution in [0.2, 0.25) is 0 Å². The number of fused-ring (bicyclic) bond motifs is 1. The van der Waals surface area contributed by atoms with E-state index in [1.165, 1.54) is 4.90 Å². The Morgan fingerprint density at radius 2 is 1.79 bits per heavy atom. The van der Waals surface area contributed by atoms with Gasteiger partial charge in [-0.1, -0.05) is 0 Å². The molecule has 0 aliphatic carbocycles. The van der Waals surface area contributed by atoms with E-state index in [1.807, 2.05) is 10.6 Å². The molecule has 1 N–H and O–H groups in total. The van der Waals surface area contributed by atoms with E-state index in [-0.39, 0.29) is 5.54 Å². The summed E-state index contributed by atoms with van der Waals surface area (Å²) in [6.07, 6.45) is 3.13.